The van der Waals surface area contributed by atoms with E-state index in [2.05, 4.69) is 5.32 Å². The second-order valence-corrected chi connectivity index (χ2v) is 5.12. The van der Waals surface area contributed by atoms with E-state index >= 15 is 0 Å². The summed E-state index contributed by atoms with van der Waals surface area (Å²) in [6, 6.07) is 0. The van der Waals surface area contributed by atoms with Crippen LogP contribution in [0.3, 0.4) is 0 Å². The van der Waals surface area contributed by atoms with Gasteiger partial charge in [0, 0.05) is 25.0 Å². The van der Waals surface area contributed by atoms with Crippen molar-refractivity contribution in [1.82, 2.24) is 5.32 Å². The molecule has 0 spiro atoms. The van der Waals surface area contributed by atoms with E-state index in [1.165, 1.54) is 0 Å². The number of carbonyl (C=O) groups is 1. The number of hydrogen-bond donors (Lipinski definition) is 2. The van der Waals surface area contributed by atoms with Gasteiger partial charge in [-0.05, 0) is 20.8 Å². The zero-order valence-electron chi connectivity index (χ0n) is 10.2. The molecule has 5 nitrogen and oxygen atoms in total. The summed E-state index contributed by atoms with van der Waals surface area (Å²) in [5, 5.41) is 11.8. The van der Waals surface area contributed by atoms with Crippen LogP contribution in [0.25, 0.3) is 0 Å². The maximum Gasteiger partial charge on any atom is 0.407 e. The van der Waals surface area contributed by atoms with Gasteiger partial charge in [0.05, 0.1) is 13.2 Å². The molecular formula is C11H21NO4. The van der Waals surface area contributed by atoms with Crippen LogP contribution in [-0.2, 0) is 9.47 Å². The third-order valence-electron chi connectivity index (χ3n) is 2.47. The number of alkyl carbamates (subject to hydrolysis) is 1. The maximum absolute atomic E-state index is 11.4. The first kappa shape index (κ1) is 13.3. The molecule has 0 aromatic heterocycles. The molecule has 1 fully saturated rings. The molecule has 2 N–H and O–H groups in total. The largest absolute Gasteiger partial charge is 0.444 e. The molecule has 1 aliphatic heterocycles. The lowest BCUT2D eigenvalue weighted by Gasteiger charge is -2.21. The zero-order valence-corrected chi connectivity index (χ0v) is 10.2. The highest BCUT2D eigenvalue weighted by Gasteiger charge is 2.28. The average molecular weight is 231 g/mol. The van der Waals surface area contributed by atoms with E-state index in [-0.39, 0.29) is 18.4 Å². The highest BCUT2D eigenvalue weighted by Crippen LogP contribution is 2.19. The van der Waals surface area contributed by atoms with Crippen molar-refractivity contribution in [3.8, 4) is 0 Å². The molecule has 1 heterocycles. The van der Waals surface area contributed by atoms with Crippen LogP contribution < -0.4 is 5.32 Å². The lowest BCUT2D eigenvalue weighted by molar-refractivity contribution is 0.0512. The van der Waals surface area contributed by atoms with Crippen molar-refractivity contribution in [2.45, 2.75) is 26.4 Å². The monoisotopic (exact) mass is 231 g/mol. The lowest BCUT2D eigenvalue weighted by Crippen LogP contribution is -2.37. The molecule has 16 heavy (non-hydrogen) atoms. The van der Waals surface area contributed by atoms with Gasteiger partial charge in [0.25, 0.3) is 0 Å². The van der Waals surface area contributed by atoms with Gasteiger partial charge in [-0.2, -0.15) is 0 Å². The van der Waals surface area contributed by atoms with Gasteiger partial charge >= 0.3 is 6.09 Å². The predicted octanol–water partition coefficient (Wildman–Crippen LogP) is 0.766. The summed E-state index contributed by atoms with van der Waals surface area (Å²) in [6.07, 6.45) is -0.420. The second kappa shape index (κ2) is 5.50. The first-order chi connectivity index (χ1) is 7.42. The Balaban J connectivity index is 2.26. The van der Waals surface area contributed by atoms with Gasteiger partial charge in [0.1, 0.15) is 5.60 Å². The number of carbonyl (C=O) groups excluding carboxylic acids is 1. The maximum atomic E-state index is 11.4. The van der Waals surface area contributed by atoms with Crippen LogP contribution in [0.15, 0.2) is 0 Å². The molecule has 0 unspecified atom stereocenters. The number of aliphatic hydroxyl groups is 1. The molecule has 5 heteroatoms. The Morgan fingerprint density at radius 3 is 2.62 bits per heavy atom. The van der Waals surface area contributed by atoms with Crippen molar-refractivity contribution in [2.75, 3.05) is 26.4 Å². The molecule has 1 amide bonds. The molecule has 0 aromatic rings. The van der Waals surface area contributed by atoms with Crippen molar-refractivity contribution in [2.24, 2.45) is 11.8 Å². The quantitative estimate of drug-likeness (QED) is 0.752. The fraction of sp³-hybridized carbons (Fsp3) is 0.909. The van der Waals surface area contributed by atoms with Crippen molar-refractivity contribution in [1.29, 1.82) is 0 Å². The standard InChI is InChI=1S/C11H21NO4/c1-11(2,3)16-10(14)12-4-8-6-15-7-9(8)5-13/h8-9,13H,4-7H2,1-3H3,(H,12,14)/t8-,9-/m1/s1. The SMILES string of the molecule is CC(C)(C)OC(=O)NC[C@@H]1COC[C@H]1CO. The van der Waals surface area contributed by atoms with E-state index in [9.17, 15) is 4.79 Å². The molecule has 1 rings (SSSR count). The van der Waals surface area contributed by atoms with Crippen molar-refractivity contribution in [3.63, 3.8) is 0 Å². The summed E-state index contributed by atoms with van der Waals surface area (Å²) < 4.78 is 10.4. The molecule has 0 aromatic carbocycles. The van der Waals surface area contributed by atoms with Crippen molar-refractivity contribution < 1.29 is 19.4 Å². The molecule has 2 atom stereocenters. The Hall–Kier alpha value is -0.810. The summed E-state index contributed by atoms with van der Waals surface area (Å²) in [7, 11) is 0. The summed E-state index contributed by atoms with van der Waals surface area (Å²) in [5.74, 6) is 0.299. The van der Waals surface area contributed by atoms with Crippen LogP contribution in [0.4, 0.5) is 4.79 Å². The van der Waals surface area contributed by atoms with Gasteiger partial charge in [-0.1, -0.05) is 0 Å². The minimum atomic E-state index is -0.480. The molecule has 1 aliphatic rings. The van der Waals surface area contributed by atoms with Crippen LogP contribution in [0.2, 0.25) is 0 Å². The van der Waals surface area contributed by atoms with Crippen molar-refractivity contribution >= 4 is 6.09 Å². The van der Waals surface area contributed by atoms with E-state index < -0.39 is 11.7 Å². The number of aliphatic hydroxyl groups excluding tert-OH is 1. The molecule has 94 valence electrons. The van der Waals surface area contributed by atoms with Crippen LogP contribution in [0, 0.1) is 11.8 Å². The van der Waals surface area contributed by atoms with Crippen molar-refractivity contribution in [3.05, 3.63) is 0 Å². The Morgan fingerprint density at radius 2 is 2.06 bits per heavy atom. The number of hydrogen-bond acceptors (Lipinski definition) is 4. The summed E-state index contributed by atoms with van der Waals surface area (Å²) in [5.41, 5.74) is -0.480. The molecule has 0 saturated carbocycles. The highest BCUT2D eigenvalue weighted by molar-refractivity contribution is 5.67. The Labute approximate surface area is 96.1 Å². The minimum Gasteiger partial charge on any atom is -0.444 e. The van der Waals surface area contributed by atoms with Gasteiger partial charge in [-0.3, -0.25) is 0 Å². The first-order valence-electron chi connectivity index (χ1n) is 5.58. The van der Waals surface area contributed by atoms with E-state index in [0.717, 1.165) is 0 Å². The van der Waals surface area contributed by atoms with Gasteiger partial charge in [0.2, 0.25) is 0 Å². The summed E-state index contributed by atoms with van der Waals surface area (Å²) >= 11 is 0. The number of ether oxygens (including phenoxy) is 2. The van der Waals surface area contributed by atoms with Gasteiger partial charge < -0.3 is 19.9 Å². The van der Waals surface area contributed by atoms with E-state index in [0.29, 0.717) is 19.8 Å². The normalized spacial score (nSPS) is 25.5. The molecule has 0 aliphatic carbocycles. The Morgan fingerprint density at radius 1 is 1.44 bits per heavy atom. The molecule has 0 radical (unpaired) electrons. The number of nitrogens with one attached hydrogen (secondary N) is 1. The summed E-state index contributed by atoms with van der Waals surface area (Å²) in [6.45, 7) is 7.20. The first-order valence-corrected chi connectivity index (χ1v) is 5.58. The Kier molecular flexibility index (Phi) is 4.56. The van der Waals surface area contributed by atoms with E-state index in [1.54, 1.807) is 0 Å². The van der Waals surface area contributed by atoms with Crippen LogP contribution in [0.1, 0.15) is 20.8 Å². The fourth-order valence-corrected chi connectivity index (χ4v) is 1.60. The number of rotatable bonds is 3. The zero-order chi connectivity index (χ0) is 12.2. The topological polar surface area (TPSA) is 67.8 Å². The predicted molar refractivity (Wildman–Crippen MR) is 59.1 cm³/mol. The van der Waals surface area contributed by atoms with Crippen LogP contribution >= 0.6 is 0 Å². The van der Waals surface area contributed by atoms with Gasteiger partial charge in [0.15, 0.2) is 0 Å². The van der Waals surface area contributed by atoms with E-state index in [1.807, 2.05) is 20.8 Å². The lowest BCUT2D eigenvalue weighted by atomic mass is 9.97. The van der Waals surface area contributed by atoms with Gasteiger partial charge in [-0.15, -0.1) is 0 Å². The Bertz CT molecular complexity index is 237. The smallest absolute Gasteiger partial charge is 0.407 e. The van der Waals surface area contributed by atoms with E-state index in [4.69, 9.17) is 14.6 Å². The van der Waals surface area contributed by atoms with Gasteiger partial charge in [-0.25, -0.2) is 4.79 Å². The molecule has 0 bridgehead atoms. The average Bonchev–Trinajstić information content (AvgIpc) is 2.59. The third kappa shape index (κ3) is 4.37. The van der Waals surface area contributed by atoms with Crippen LogP contribution in [-0.4, -0.2) is 43.2 Å². The molecule has 1 saturated heterocycles. The van der Waals surface area contributed by atoms with Crippen LogP contribution in [0.5, 0.6) is 0 Å². The highest BCUT2D eigenvalue weighted by atomic mass is 16.6. The second-order valence-electron chi connectivity index (χ2n) is 5.12. The summed E-state index contributed by atoms with van der Waals surface area (Å²) in [4.78, 5) is 11.4. The third-order valence-corrected chi connectivity index (χ3v) is 2.47. The molecular weight excluding hydrogens is 210 g/mol. The number of amides is 1. The minimum absolute atomic E-state index is 0.0979. The fourth-order valence-electron chi connectivity index (χ4n) is 1.60.